The van der Waals surface area contributed by atoms with Crippen LogP contribution in [0.4, 0.5) is 0 Å². The van der Waals surface area contributed by atoms with Gasteiger partial charge in [0.1, 0.15) is 6.61 Å². The van der Waals surface area contributed by atoms with Gasteiger partial charge in [-0.1, -0.05) is 39.3 Å². The second kappa shape index (κ2) is 16.4. The first-order chi connectivity index (χ1) is 9.12. The van der Waals surface area contributed by atoms with E-state index in [1.807, 2.05) is 0 Å². The van der Waals surface area contributed by atoms with E-state index < -0.39 is 5.97 Å². The van der Waals surface area contributed by atoms with Crippen molar-refractivity contribution in [1.29, 1.82) is 0 Å². The van der Waals surface area contributed by atoms with Crippen molar-refractivity contribution < 1.29 is 24.2 Å². The van der Waals surface area contributed by atoms with Crippen molar-refractivity contribution in [2.24, 2.45) is 0 Å². The van der Waals surface area contributed by atoms with E-state index in [0.29, 0.717) is 6.61 Å². The molecule has 0 fully saturated rings. The van der Waals surface area contributed by atoms with Crippen LogP contribution in [0.3, 0.4) is 0 Å². The van der Waals surface area contributed by atoms with E-state index >= 15 is 0 Å². The molecule has 0 aromatic carbocycles. The van der Waals surface area contributed by atoms with Gasteiger partial charge in [0.2, 0.25) is 0 Å². The Morgan fingerprint density at radius 2 is 1.53 bits per heavy atom. The molecule has 0 aliphatic rings. The van der Waals surface area contributed by atoms with Gasteiger partial charge in [0.05, 0.1) is 13.2 Å². The minimum atomic E-state index is -0.501. The first-order valence-corrected chi connectivity index (χ1v) is 6.31. The molecule has 0 rings (SSSR count). The SMILES string of the molecule is C=CC(=O)OCCCCCC.C=CC(=O)OCCO. The summed E-state index contributed by atoms with van der Waals surface area (Å²) in [5, 5.41) is 8.10. The lowest BCUT2D eigenvalue weighted by molar-refractivity contribution is -0.139. The Hall–Kier alpha value is -1.62. The Morgan fingerprint density at radius 3 is 1.95 bits per heavy atom. The minimum absolute atomic E-state index is 0.0465. The smallest absolute Gasteiger partial charge is 0.330 e. The lowest BCUT2D eigenvalue weighted by atomic mass is 10.2. The van der Waals surface area contributed by atoms with Crippen LogP contribution in [0.25, 0.3) is 0 Å². The molecule has 0 spiro atoms. The van der Waals surface area contributed by atoms with Crippen LogP contribution in [0.5, 0.6) is 0 Å². The van der Waals surface area contributed by atoms with Crippen molar-refractivity contribution in [2.45, 2.75) is 32.6 Å². The maximum Gasteiger partial charge on any atom is 0.330 e. The third-order valence-electron chi connectivity index (χ3n) is 1.91. The van der Waals surface area contributed by atoms with Crippen molar-refractivity contribution in [1.82, 2.24) is 0 Å². The number of unbranched alkanes of at least 4 members (excludes halogenated alkanes) is 3. The summed E-state index contributed by atoms with van der Waals surface area (Å²) >= 11 is 0. The third-order valence-corrected chi connectivity index (χ3v) is 1.91. The van der Waals surface area contributed by atoms with Crippen LogP contribution in [0.1, 0.15) is 32.6 Å². The van der Waals surface area contributed by atoms with Crippen LogP contribution in [0.15, 0.2) is 25.3 Å². The second-order valence-electron chi connectivity index (χ2n) is 3.53. The maximum atomic E-state index is 10.5. The van der Waals surface area contributed by atoms with Gasteiger partial charge in [-0.15, -0.1) is 0 Å². The molecule has 0 atom stereocenters. The third kappa shape index (κ3) is 18.9. The number of esters is 2. The fourth-order valence-electron chi connectivity index (χ4n) is 0.966. The molecule has 0 bridgehead atoms. The fourth-order valence-corrected chi connectivity index (χ4v) is 0.966. The lowest BCUT2D eigenvalue weighted by Crippen LogP contribution is -2.04. The topological polar surface area (TPSA) is 72.8 Å². The first-order valence-electron chi connectivity index (χ1n) is 6.31. The van der Waals surface area contributed by atoms with E-state index in [-0.39, 0.29) is 19.2 Å². The normalized spacial score (nSPS) is 8.74. The molecule has 0 aliphatic carbocycles. The number of hydrogen-bond acceptors (Lipinski definition) is 5. The van der Waals surface area contributed by atoms with E-state index in [0.717, 1.165) is 18.9 Å². The van der Waals surface area contributed by atoms with E-state index in [4.69, 9.17) is 9.84 Å². The molecule has 0 heterocycles. The van der Waals surface area contributed by atoms with Crippen LogP contribution < -0.4 is 0 Å². The molecule has 0 saturated heterocycles. The molecule has 1 N–H and O–H groups in total. The van der Waals surface area contributed by atoms with Crippen LogP contribution >= 0.6 is 0 Å². The van der Waals surface area contributed by atoms with Gasteiger partial charge in [-0.2, -0.15) is 0 Å². The molecule has 0 unspecified atom stereocenters. The summed E-state index contributed by atoms with van der Waals surface area (Å²) in [5.41, 5.74) is 0. The average Bonchev–Trinajstić information content (AvgIpc) is 2.44. The van der Waals surface area contributed by atoms with Gasteiger partial charge in [-0.3, -0.25) is 0 Å². The molecule has 110 valence electrons. The van der Waals surface area contributed by atoms with Crippen LogP contribution in [-0.2, 0) is 19.1 Å². The molecule has 5 nitrogen and oxygen atoms in total. The number of hydrogen-bond donors (Lipinski definition) is 1. The van der Waals surface area contributed by atoms with E-state index in [9.17, 15) is 9.59 Å². The Labute approximate surface area is 114 Å². The van der Waals surface area contributed by atoms with Gasteiger partial charge in [0, 0.05) is 12.2 Å². The first kappa shape index (κ1) is 19.7. The van der Waals surface area contributed by atoms with Crippen LogP contribution in [0.2, 0.25) is 0 Å². The van der Waals surface area contributed by atoms with Crippen molar-refractivity contribution in [3.63, 3.8) is 0 Å². The maximum absolute atomic E-state index is 10.5. The average molecular weight is 272 g/mol. The van der Waals surface area contributed by atoms with Crippen molar-refractivity contribution in [2.75, 3.05) is 19.8 Å². The zero-order valence-electron chi connectivity index (χ0n) is 11.6. The summed E-state index contributed by atoms with van der Waals surface area (Å²) in [5.74, 6) is -0.819. The van der Waals surface area contributed by atoms with Gasteiger partial charge in [-0.25, -0.2) is 9.59 Å². The lowest BCUT2D eigenvalue weighted by Gasteiger charge is -1.99. The van der Waals surface area contributed by atoms with Gasteiger partial charge in [0.15, 0.2) is 0 Å². The van der Waals surface area contributed by atoms with Crippen molar-refractivity contribution in [3.05, 3.63) is 25.3 Å². The van der Waals surface area contributed by atoms with E-state index in [1.165, 1.54) is 18.9 Å². The zero-order chi connectivity index (χ0) is 14.9. The largest absolute Gasteiger partial charge is 0.463 e. The van der Waals surface area contributed by atoms with Crippen molar-refractivity contribution in [3.8, 4) is 0 Å². The standard InChI is InChI=1S/C9H16O2.C5H8O3/c1-3-5-6-7-8-11-9(10)4-2;1-2-5(7)8-4-3-6/h4H,2-3,5-8H2,1H3;2,6H,1,3-4H2. The predicted molar refractivity (Wildman–Crippen MR) is 73.5 cm³/mol. The van der Waals surface area contributed by atoms with Crippen LogP contribution in [0, 0.1) is 0 Å². The molecular formula is C14H24O5. The molecule has 0 amide bonds. The highest BCUT2D eigenvalue weighted by molar-refractivity contribution is 5.81. The summed E-state index contributed by atoms with van der Waals surface area (Å²) in [6.45, 7) is 9.05. The molecule has 19 heavy (non-hydrogen) atoms. The summed E-state index contributed by atoms with van der Waals surface area (Å²) in [7, 11) is 0. The molecular weight excluding hydrogens is 248 g/mol. The number of aliphatic hydroxyl groups is 1. The monoisotopic (exact) mass is 272 g/mol. The van der Waals surface area contributed by atoms with Gasteiger partial charge in [-0.05, 0) is 6.42 Å². The van der Waals surface area contributed by atoms with Gasteiger partial charge >= 0.3 is 11.9 Å². The summed E-state index contributed by atoms with van der Waals surface area (Å²) in [6, 6.07) is 0. The Morgan fingerprint density at radius 1 is 1.00 bits per heavy atom. The van der Waals surface area contributed by atoms with E-state index in [1.54, 1.807) is 0 Å². The summed E-state index contributed by atoms with van der Waals surface area (Å²) in [6.07, 6.45) is 6.77. The number of rotatable bonds is 9. The molecule has 0 aliphatic heterocycles. The molecule has 5 heteroatoms. The number of ether oxygens (including phenoxy) is 2. The Kier molecular flexibility index (Phi) is 17.0. The Balaban J connectivity index is 0. The zero-order valence-corrected chi connectivity index (χ0v) is 11.6. The predicted octanol–water partition coefficient (Wildman–Crippen LogP) is 2.00. The number of aliphatic hydroxyl groups excluding tert-OH is 1. The summed E-state index contributed by atoms with van der Waals surface area (Å²) in [4.78, 5) is 20.6. The molecule has 0 saturated carbocycles. The van der Waals surface area contributed by atoms with Crippen molar-refractivity contribution >= 4 is 11.9 Å². The Bertz CT molecular complexity index is 261. The number of carbonyl (C=O) groups excluding carboxylic acids is 2. The highest BCUT2D eigenvalue weighted by atomic mass is 16.5. The second-order valence-corrected chi connectivity index (χ2v) is 3.53. The van der Waals surface area contributed by atoms with E-state index in [2.05, 4.69) is 24.8 Å². The molecule has 0 radical (unpaired) electrons. The quantitative estimate of drug-likeness (QED) is 0.395. The van der Waals surface area contributed by atoms with Gasteiger partial charge < -0.3 is 14.6 Å². The highest BCUT2D eigenvalue weighted by Crippen LogP contribution is 1.98. The molecule has 0 aromatic rings. The summed E-state index contributed by atoms with van der Waals surface area (Å²) < 4.78 is 9.11. The van der Waals surface area contributed by atoms with Crippen LogP contribution in [-0.4, -0.2) is 36.9 Å². The molecule has 0 aromatic heterocycles. The highest BCUT2D eigenvalue weighted by Gasteiger charge is 1.93. The fraction of sp³-hybridized carbons (Fsp3) is 0.571. The number of carbonyl (C=O) groups is 2. The minimum Gasteiger partial charge on any atom is -0.463 e. The van der Waals surface area contributed by atoms with Gasteiger partial charge in [0.25, 0.3) is 0 Å².